The number of carbonyl (C=O) groups excluding carboxylic acids is 1. The van der Waals surface area contributed by atoms with Crippen molar-refractivity contribution < 1.29 is 9.90 Å². The summed E-state index contributed by atoms with van der Waals surface area (Å²) in [6.07, 6.45) is 1.26. The third kappa shape index (κ3) is 3.61. The molecule has 0 heterocycles. The van der Waals surface area contributed by atoms with E-state index in [4.69, 9.17) is 0 Å². The zero-order valence-electron chi connectivity index (χ0n) is 9.48. The molecule has 1 unspecified atom stereocenters. The first-order valence-electron chi connectivity index (χ1n) is 5.18. The van der Waals surface area contributed by atoms with Crippen LogP contribution in [0.2, 0.25) is 0 Å². The van der Waals surface area contributed by atoms with Crippen molar-refractivity contribution in [3.63, 3.8) is 0 Å². The van der Waals surface area contributed by atoms with Gasteiger partial charge in [-0.2, -0.15) is 0 Å². The lowest BCUT2D eigenvalue weighted by Crippen LogP contribution is -2.21. The zero-order valence-corrected chi connectivity index (χ0v) is 11.1. The average Bonchev–Trinajstić information content (AvgIpc) is 2.25. The summed E-state index contributed by atoms with van der Waals surface area (Å²) in [6, 6.07) is 5.59. The van der Waals surface area contributed by atoms with Crippen molar-refractivity contribution in [3.05, 3.63) is 28.2 Å². The monoisotopic (exact) mass is 285 g/mol. The molecule has 0 spiro atoms. The van der Waals surface area contributed by atoms with E-state index in [1.54, 1.807) is 13.0 Å². The summed E-state index contributed by atoms with van der Waals surface area (Å²) < 4.78 is 0.795. The Balaban J connectivity index is 2.72. The lowest BCUT2D eigenvalue weighted by molar-refractivity contribution is 0.112. The van der Waals surface area contributed by atoms with Crippen LogP contribution in [0.25, 0.3) is 0 Å². The molecule has 1 atom stereocenters. The van der Waals surface area contributed by atoms with Gasteiger partial charge in [-0.1, -0.05) is 0 Å². The number of aliphatic hydroxyl groups is 1. The number of anilines is 1. The van der Waals surface area contributed by atoms with Gasteiger partial charge < -0.3 is 10.0 Å². The van der Waals surface area contributed by atoms with Crippen LogP contribution >= 0.6 is 15.9 Å². The number of halogens is 1. The molecule has 0 amide bonds. The van der Waals surface area contributed by atoms with Gasteiger partial charge in [0.15, 0.2) is 6.29 Å². The van der Waals surface area contributed by atoms with Gasteiger partial charge in [-0.25, -0.2) is 0 Å². The van der Waals surface area contributed by atoms with Gasteiger partial charge in [-0.05, 0) is 47.5 Å². The number of aliphatic hydroxyl groups excluding tert-OH is 1. The van der Waals surface area contributed by atoms with E-state index in [0.717, 1.165) is 29.4 Å². The van der Waals surface area contributed by atoms with Crippen molar-refractivity contribution >= 4 is 27.9 Å². The van der Waals surface area contributed by atoms with Gasteiger partial charge in [0, 0.05) is 29.3 Å². The highest BCUT2D eigenvalue weighted by molar-refractivity contribution is 9.10. The minimum Gasteiger partial charge on any atom is -0.393 e. The normalized spacial score (nSPS) is 12.2. The van der Waals surface area contributed by atoms with Crippen LogP contribution in [-0.4, -0.2) is 31.1 Å². The Hall–Kier alpha value is -0.870. The van der Waals surface area contributed by atoms with Crippen LogP contribution in [-0.2, 0) is 0 Å². The van der Waals surface area contributed by atoms with Gasteiger partial charge >= 0.3 is 0 Å². The van der Waals surface area contributed by atoms with Crippen LogP contribution in [0.15, 0.2) is 22.7 Å². The summed E-state index contributed by atoms with van der Waals surface area (Å²) in [5.74, 6) is 0. The van der Waals surface area contributed by atoms with Crippen LogP contribution in [0.5, 0.6) is 0 Å². The van der Waals surface area contributed by atoms with Crippen molar-refractivity contribution in [3.8, 4) is 0 Å². The summed E-state index contributed by atoms with van der Waals surface area (Å²) in [5, 5.41) is 9.20. The lowest BCUT2D eigenvalue weighted by Gasteiger charge is -2.20. The van der Waals surface area contributed by atoms with Gasteiger partial charge in [-0.3, -0.25) is 4.79 Å². The van der Waals surface area contributed by atoms with E-state index in [1.165, 1.54) is 0 Å². The molecule has 0 saturated heterocycles. The summed E-state index contributed by atoms with van der Waals surface area (Å²) in [4.78, 5) is 12.7. The Kier molecular flexibility index (Phi) is 4.96. The molecule has 3 nitrogen and oxygen atoms in total. The predicted molar refractivity (Wildman–Crippen MR) is 69.1 cm³/mol. The zero-order chi connectivity index (χ0) is 12.1. The van der Waals surface area contributed by atoms with E-state index in [2.05, 4.69) is 15.9 Å². The van der Waals surface area contributed by atoms with E-state index in [1.807, 2.05) is 24.1 Å². The van der Waals surface area contributed by atoms with Crippen LogP contribution in [0.1, 0.15) is 23.7 Å². The smallest absolute Gasteiger partial charge is 0.151 e. The van der Waals surface area contributed by atoms with E-state index in [-0.39, 0.29) is 6.10 Å². The Labute approximate surface area is 104 Å². The minimum absolute atomic E-state index is 0.292. The molecule has 0 fully saturated rings. The molecule has 1 N–H and O–H groups in total. The molecule has 1 aromatic carbocycles. The van der Waals surface area contributed by atoms with Crippen LogP contribution in [0.3, 0.4) is 0 Å². The predicted octanol–water partition coefficient (Wildman–Crippen LogP) is 2.47. The van der Waals surface area contributed by atoms with E-state index < -0.39 is 0 Å². The van der Waals surface area contributed by atoms with Gasteiger partial charge in [0.2, 0.25) is 0 Å². The van der Waals surface area contributed by atoms with Crippen LogP contribution < -0.4 is 4.90 Å². The Bertz CT molecular complexity index is 366. The second-order valence-corrected chi connectivity index (χ2v) is 4.74. The number of hydrogen-bond donors (Lipinski definition) is 1. The molecule has 0 bridgehead atoms. The Morgan fingerprint density at radius 2 is 2.25 bits per heavy atom. The third-order valence-corrected chi connectivity index (χ3v) is 3.12. The SMILES string of the molecule is CC(O)CCN(C)c1ccc(C=O)c(Br)c1. The van der Waals surface area contributed by atoms with Crippen molar-refractivity contribution in [1.82, 2.24) is 0 Å². The molecule has 16 heavy (non-hydrogen) atoms. The van der Waals surface area contributed by atoms with Crippen LogP contribution in [0, 0.1) is 0 Å². The lowest BCUT2D eigenvalue weighted by atomic mass is 10.2. The van der Waals surface area contributed by atoms with Crippen molar-refractivity contribution in [2.24, 2.45) is 0 Å². The van der Waals surface area contributed by atoms with Crippen LogP contribution in [0.4, 0.5) is 5.69 Å². The molecule has 88 valence electrons. The standard InChI is InChI=1S/C12H16BrNO2/c1-9(16)5-6-14(2)11-4-3-10(8-15)12(13)7-11/h3-4,7-9,16H,5-6H2,1-2H3. The summed E-state index contributed by atoms with van der Waals surface area (Å²) in [7, 11) is 1.96. The van der Waals surface area contributed by atoms with Crippen molar-refractivity contribution in [2.45, 2.75) is 19.4 Å². The molecule has 0 saturated carbocycles. The highest BCUT2D eigenvalue weighted by Gasteiger charge is 2.05. The highest BCUT2D eigenvalue weighted by Crippen LogP contribution is 2.22. The quantitative estimate of drug-likeness (QED) is 0.845. The highest BCUT2D eigenvalue weighted by atomic mass is 79.9. The van der Waals surface area contributed by atoms with Gasteiger partial charge in [0.25, 0.3) is 0 Å². The largest absolute Gasteiger partial charge is 0.393 e. The van der Waals surface area contributed by atoms with E-state index in [9.17, 15) is 9.90 Å². The fourth-order valence-corrected chi connectivity index (χ4v) is 1.82. The number of rotatable bonds is 5. The Morgan fingerprint density at radius 3 is 2.75 bits per heavy atom. The molecule has 0 aliphatic heterocycles. The fraction of sp³-hybridized carbons (Fsp3) is 0.417. The first-order chi connectivity index (χ1) is 7.54. The number of nitrogens with zero attached hydrogens (tertiary/aromatic N) is 1. The second-order valence-electron chi connectivity index (χ2n) is 3.88. The fourth-order valence-electron chi connectivity index (χ4n) is 1.36. The van der Waals surface area contributed by atoms with Gasteiger partial charge in [-0.15, -0.1) is 0 Å². The Morgan fingerprint density at radius 1 is 1.56 bits per heavy atom. The van der Waals surface area contributed by atoms with Gasteiger partial charge in [0.1, 0.15) is 0 Å². The molecule has 1 rings (SSSR count). The average molecular weight is 286 g/mol. The summed E-state index contributed by atoms with van der Waals surface area (Å²) in [6.45, 7) is 2.56. The second kappa shape index (κ2) is 6.01. The number of benzene rings is 1. The molecule has 0 aliphatic rings. The number of hydrogen-bond acceptors (Lipinski definition) is 3. The molecule has 0 aliphatic carbocycles. The maximum absolute atomic E-state index is 10.6. The first-order valence-corrected chi connectivity index (χ1v) is 5.98. The topological polar surface area (TPSA) is 40.5 Å². The molecule has 0 radical (unpaired) electrons. The molecular weight excluding hydrogens is 270 g/mol. The van der Waals surface area contributed by atoms with Crippen molar-refractivity contribution in [2.75, 3.05) is 18.5 Å². The van der Waals surface area contributed by atoms with Crippen molar-refractivity contribution in [1.29, 1.82) is 0 Å². The van der Waals surface area contributed by atoms with E-state index in [0.29, 0.717) is 5.56 Å². The maximum Gasteiger partial charge on any atom is 0.151 e. The molecular formula is C12H16BrNO2. The first kappa shape index (κ1) is 13.2. The maximum atomic E-state index is 10.6. The third-order valence-electron chi connectivity index (χ3n) is 2.43. The summed E-state index contributed by atoms with van der Waals surface area (Å²) >= 11 is 3.35. The molecule has 0 aromatic heterocycles. The molecule has 1 aromatic rings. The van der Waals surface area contributed by atoms with Gasteiger partial charge in [0.05, 0.1) is 6.10 Å². The molecule has 4 heteroatoms. The summed E-state index contributed by atoms with van der Waals surface area (Å²) in [5.41, 5.74) is 1.67. The number of aldehydes is 1. The number of carbonyl (C=O) groups is 1. The minimum atomic E-state index is -0.292. The van der Waals surface area contributed by atoms with E-state index >= 15 is 0 Å².